The summed E-state index contributed by atoms with van der Waals surface area (Å²) < 4.78 is 1.88. The Morgan fingerprint density at radius 3 is 3.18 bits per heavy atom. The van der Waals surface area contributed by atoms with Crippen molar-refractivity contribution in [2.75, 3.05) is 0 Å². The van der Waals surface area contributed by atoms with Crippen molar-refractivity contribution in [2.24, 2.45) is 0 Å². The Kier molecular flexibility index (Phi) is 1.32. The highest BCUT2D eigenvalue weighted by Crippen LogP contribution is 2.10. The minimum atomic E-state index is 0.510. The van der Waals surface area contributed by atoms with Gasteiger partial charge in [0.2, 0.25) is 0 Å². The van der Waals surface area contributed by atoms with E-state index in [1.54, 1.807) is 18.6 Å². The lowest BCUT2D eigenvalue weighted by Crippen LogP contribution is -1.92. The minimum Gasteiger partial charge on any atom is -0.287 e. The predicted molar refractivity (Wildman–Crippen MR) is 42.7 cm³/mol. The molecule has 0 spiro atoms. The van der Waals surface area contributed by atoms with Gasteiger partial charge in [-0.05, 0) is 6.92 Å². The van der Waals surface area contributed by atoms with E-state index in [4.69, 9.17) is 11.6 Å². The lowest BCUT2D eigenvalue weighted by atomic mass is 10.5. The van der Waals surface area contributed by atoms with Crippen LogP contribution in [0.1, 0.15) is 5.82 Å². The number of aryl methyl sites for hydroxylation is 1. The van der Waals surface area contributed by atoms with Crippen molar-refractivity contribution in [1.29, 1.82) is 0 Å². The first-order chi connectivity index (χ1) is 5.27. The molecule has 0 saturated carbocycles. The molecule has 11 heavy (non-hydrogen) atoms. The Balaban J connectivity index is 2.91. The highest BCUT2D eigenvalue weighted by Gasteiger charge is 1.98. The molecule has 2 heterocycles. The fourth-order valence-corrected chi connectivity index (χ4v) is 1.28. The Hall–Kier alpha value is -1.09. The second-order valence-electron chi connectivity index (χ2n) is 2.31. The van der Waals surface area contributed by atoms with E-state index in [-0.39, 0.29) is 0 Å². The monoisotopic (exact) mass is 167 g/mol. The Labute approximate surface area is 68.7 Å². The molecule has 2 aromatic rings. The van der Waals surface area contributed by atoms with Gasteiger partial charge < -0.3 is 0 Å². The molecule has 0 aliphatic heterocycles. The number of halogens is 1. The van der Waals surface area contributed by atoms with Gasteiger partial charge in [0.15, 0.2) is 0 Å². The van der Waals surface area contributed by atoms with Crippen molar-refractivity contribution >= 4 is 17.1 Å². The highest BCUT2D eigenvalue weighted by molar-refractivity contribution is 6.29. The second-order valence-corrected chi connectivity index (χ2v) is 2.70. The molecule has 2 rings (SSSR count). The summed E-state index contributed by atoms with van der Waals surface area (Å²) in [6.45, 7) is 1.89. The standard InChI is InChI=1S/C7H6ClN3/c1-5-10-7(8)2-6-3-9-4-11(5)6/h2-4H,1H3. The third kappa shape index (κ3) is 0.973. The van der Waals surface area contributed by atoms with Gasteiger partial charge in [0.1, 0.15) is 17.3 Å². The number of aromatic nitrogens is 3. The van der Waals surface area contributed by atoms with Gasteiger partial charge in [-0.15, -0.1) is 0 Å². The normalized spacial score (nSPS) is 10.7. The highest BCUT2D eigenvalue weighted by atomic mass is 35.5. The Bertz CT molecular complexity index is 393. The van der Waals surface area contributed by atoms with Crippen LogP contribution in [0.2, 0.25) is 5.15 Å². The van der Waals surface area contributed by atoms with E-state index in [1.807, 2.05) is 11.3 Å². The van der Waals surface area contributed by atoms with Crippen LogP contribution in [0.15, 0.2) is 18.6 Å². The maximum Gasteiger partial charge on any atom is 0.133 e. The second kappa shape index (κ2) is 2.20. The lowest BCUT2D eigenvalue weighted by molar-refractivity contribution is 0.981. The molecule has 0 N–H and O–H groups in total. The van der Waals surface area contributed by atoms with Gasteiger partial charge in [0.25, 0.3) is 0 Å². The first-order valence-electron chi connectivity index (χ1n) is 3.22. The molecule has 4 heteroatoms. The van der Waals surface area contributed by atoms with Gasteiger partial charge in [-0.3, -0.25) is 4.40 Å². The zero-order chi connectivity index (χ0) is 7.84. The molecule has 0 unspecified atom stereocenters. The summed E-state index contributed by atoms with van der Waals surface area (Å²) in [5, 5.41) is 0.510. The molecule has 3 nitrogen and oxygen atoms in total. The van der Waals surface area contributed by atoms with E-state index in [0.29, 0.717) is 5.15 Å². The van der Waals surface area contributed by atoms with Gasteiger partial charge in [-0.25, -0.2) is 9.97 Å². The number of fused-ring (bicyclic) bond motifs is 1. The molecular weight excluding hydrogens is 162 g/mol. The fourth-order valence-electron chi connectivity index (χ4n) is 1.05. The van der Waals surface area contributed by atoms with E-state index >= 15 is 0 Å². The molecule has 0 saturated heterocycles. The Morgan fingerprint density at radius 1 is 1.55 bits per heavy atom. The summed E-state index contributed by atoms with van der Waals surface area (Å²) in [6, 6.07) is 1.78. The van der Waals surface area contributed by atoms with Crippen LogP contribution in [0.4, 0.5) is 0 Å². The number of rotatable bonds is 0. The maximum atomic E-state index is 5.73. The van der Waals surface area contributed by atoms with E-state index in [1.165, 1.54) is 0 Å². The zero-order valence-electron chi connectivity index (χ0n) is 5.95. The molecule has 0 aromatic carbocycles. The topological polar surface area (TPSA) is 30.2 Å². The quantitative estimate of drug-likeness (QED) is 0.559. The average molecular weight is 168 g/mol. The zero-order valence-corrected chi connectivity index (χ0v) is 6.71. The van der Waals surface area contributed by atoms with Crippen molar-refractivity contribution in [3.05, 3.63) is 29.6 Å². The fraction of sp³-hybridized carbons (Fsp3) is 0.143. The van der Waals surface area contributed by atoms with Crippen LogP contribution >= 0.6 is 11.6 Å². The van der Waals surface area contributed by atoms with Gasteiger partial charge in [-0.1, -0.05) is 11.6 Å². The van der Waals surface area contributed by atoms with Gasteiger partial charge in [0.05, 0.1) is 11.7 Å². The van der Waals surface area contributed by atoms with Crippen LogP contribution in [0.5, 0.6) is 0 Å². The van der Waals surface area contributed by atoms with E-state index in [2.05, 4.69) is 9.97 Å². The predicted octanol–water partition coefficient (Wildman–Crippen LogP) is 1.69. The summed E-state index contributed by atoms with van der Waals surface area (Å²) in [4.78, 5) is 8.03. The van der Waals surface area contributed by atoms with Crippen LogP contribution in [-0.4, -0.2) is 14.4 Å². The van der Waals surface area contributed by atoms with Crippen molar-refractivity contribution in [3.8, 4) is 0 Å². The van der Waals surface area contributed by atoms with Crippen LogP contribution in [0.3, 0.4) is 0 Å². The van der Waals surface area contributed by atoms with Crippen LogP contribution < -0.4 is 0 Å². The molecule has 0 fully saturated rings. The van der Waals surface area contributed by atoms with Gasteiger partial charge in [0, 0.05) is 6.07 Å². The third-order valence-corrected chi connectivity index (χ3v) is 1.74. The molecule has 0 amide bonds. The van der Waals surface area contributed by atoms with E-state index in [9.17, 15) is 0 Å². The third-order valence-electron chi connectivity index (χ3n) is 1.55. The molecule has 2 aromatic heterocycles. The van der Waals surface area contributed by atoms with Crippen molar-refractivity contribution in [3.63, 3.8) is 0 Å². The summed E-state index contributed by atoms with van der Waals surface area (Å²) in [5.41, 5.74) is 0.975. The van der Waals surface area contributed by atoms with E-state index < -0.39 is 0 Å². The van der Waals surface area contributed by atoms with Gasteiger partial charge in [-0.2, -0.15) is 0 Å². The van der Waals surface area contributed by atoms with Crippen LogP contribution in [0, 0.1) is 6.92 Å². The molecule has 0 aliphatic carbocycles. The number of nitrogens with zero attached hydrogens (tertiary/aromatic N) is 3. The molecule has 0 atom stereocenters. The SMILES string of the molecule is Cc1nc(Cl)cc2cncn12. The molecular formula is C7H6ClN3. The molecule has 0 bridgehead atoms. The Morgan fingerprint density at radius 2 is 2.36 bits per heavy atom. The van der Waals surface area contributed by atoms with Crippen molar-refractivity contribution in [1.82, 2.24) is 14.4 Å². The largest absolute Gasteiger partial charge is 0.287 e. The summed E-state index contributed by atoms with van der Waals surface area (Å²) in [7, 11) is 0. The van der Waals surface area contributed by atoms with Gasteiger partial charge >= 0.3 is 0 Å². The van der Waals surface area contributed by atoms with Crippen molar-refractivity contribution in [2.45, 2.75) is 6.92 Å². The molecule has 0 radical (unpaired) electrons. The molecule has 0 aliphatic rings. The number of hydrogen-bond acceptors (Lipinski definition) is 2. The number of hydrogen-bond donors (Lipinski definition) is 0. The first-order valence-corrected chi connectivity index (χ1v) is 3.60. The summed E-state index contributed by atoms with van der Waals surface area (Å²) in [5.74, 6) is 0.852. The van der Waals surface area contributed by atoms with Crippen LogP contribution in [0.25, 0.3) is 5.52 Å². The van der Waals surface area contributed by atoms with Crippen molar-refractivity contribution < 1.29 is 0 Å². The average Bonchev–Trinajstić information content (AvgIpc) is 2.34. The minimum absolute atomic E-state index is 0.510. The maximum absolute atomic E-state index is 5.73. The smallest absolute Gasteiger partial charge is 0.133 e. The van der Waals surface area contributed by atoms with Crippen LogP contribution in [-0.2, 0) is 0 Å². The number of imidazole rings is 1. The summed E-state index contributed by atoms with van der Waals surface area (Å²) in [6.07, 6.45) is 3.47. The molecule has 56 valence electrons. The van der Waals surface area contributed by atoms with E-state index in [0.717, 1.165) is 11.3 Å². The summed E-state index contributed by atoms with van der Waals surface area (Å²) >= 11 is 5.73. The first kappa shape index (κ1) is 6.61. The lowest BCUT2D eigenvalue weighted by Gasteiger charge is -1.97.